The molecule has 3 aromatic carbocycles. The van der Waals surface area contributed by atoms with Crippen molar-refractivity contribution < 1.29 is 9.53 Å². The predicted octanol–water partition coefficient (Wildman–Crippen LogP) is 5.81. The Morgan fingerprint density at radius 3 is 1.54 bits per heavy atom. The summed E-state index contributed by atoms with van der Waals surface area (Å²) in [7, 11) is 1.41. The molecule has 0 bridgehead atoms. The minimum absolute atomic E-state index is 0.342. The van der Waals surface area contributed by atoms with Crippen LogP contribution in [0, 0.1) is 0 Å². The molecule has 2 heteroatoms. The van der Waals surface area contributed by atoms with E-state index in [0.717, 1.165) is 22.3 Å². The van der Waals surface area contributed by atoms with Crippen molar-refractivity contribution in [1.82, 2.24) is 0 Å². The largest absolute Gasteiger partial charge is 0.465 e. The van der Waals surface area contributed by atoms with E-state index in [1.54, 1.807) is 0 Å². The predicted molar refractivity (Wildman–Crippen MR) is 109 cm³/mol. The molecule has 0 aromatic heterocycles. The van der Waals surface area contributed by atoms with Crippen LogP contribution in [0.5, 0.6) is 0 Å². The van der Waals surface area contributed by atoms with E-state index in [0.29, 0.717) is 5.56 Å². The maximum atomic E-state index is 12.4. The average molecular weight is 340 g/mol. The molecule has 0 heterocycles. The maximum absolute atomic E-state index is 12.4. The van der Waals surface area contributed by atoms with Crippen LogP contribution in [0.4, 0.5) is 0 Å². The highest BCUT2D eigenvalue weighted by atomic mass is 16.5. The van der Waals surface area contributed by atoms with Crippen molar-refractivity contribution in [3.05, 3.63) is 107 Å². The third-order valence-electron chi connectivity index (χ3n) is 4.03. The Morgan fingerprint density at radius 1 is 0.654 bits per heavy atom. The van der Waals surface area contributed by atoms with Crippen molar-refractivity contribution in [3.63, 3.8) is 0 Å². The SMILES string of the molecule is COC(=O)c1c(/C=C/c2ccccc2)cccc1/C=C/c1ccccc1. The fourth-order valence-electron chi connectivity index (χ4n) is 2.70. The van der Waals surface area contributed by atoms with Gasteiger partial charge in [0, 0.05) is 0 Å². The Bertz CT molecular complexity index is 855. The molecular formula is C24H20O2. The number of hydrogen-bond acceptors (Lipinski definition) is 2. The number of rotatable bonds is 5. The fraction of sp³-hybridized carbons (Fsp3) is 0.0417. The van der Waals surface area contributed by atoms with Crippen molar-refractivity contribution in [2.45, 2.75) is 0 Å². The third-order valence-corrected chi connectivity index (χ3v) is 4.03. The van der Waals surface area contributed by atoms with E-state index < -0.39 is 0 Å². The van der Waals surface area contributed by atoms with Gasteiger partial charge in [-0.2, -0.15) is 0 Å². The van der Waals surface area contributed by atoms with Crippen molar-refractivity contribution in [2.75, 3.05) is 7.11 Å². The van der Waals surface area contributed by atoms with E-state index in [4.69, 9.17) is 4.74 Å². The van der Waals surface area contributed by atoms with Gasteiger partial charge in [-0.15, -0.1) is 0 Å². The van der Waals surface area contributed by atoms with E-state index in [9.17, 15) is 4.79 Å². The van der Waals surface area contributed by atoms with E-state index in [-0.39, 0.29) is 5.97 Å². The molecule has 0 atom stereocenters. The minimum Gasteiger partial charge on any atom is -0.465 e. The molecule has 3 aromatic rings. The van der Waals surface area contributed by atoms with E-state index in [2.05, 4.69) is 0 Å². The minimum atomic E-state index is -0.342. The zero-order chi connectivity index (χ0) is 18.2. The summed E-state index contributed by atoms with van der Waals surface area (Å²) in [6.07, 6.45) is 7.88. The maximum Gasteiger partial charge on any atom is 0.339 e. The van der Waals surface area contributed by atoms with Crippen LogP contribution in [0.3, 0.4) is 0 Å². The molecule has 0 radical (unpaired) electrons. The number of ether oxygens (including phenoxy) is 1. The first kappa shape index (κ1) is 17.4. The van der Waals surface area contributed by atoms with Gasteiger partial charge in [-0.25, -0.2) is 4.79 Å². The Kier molecular flexibility index (Phi) is 5.79. The second-order valence-corrected chi connectivity index (χ2v) is 5.79. The van der Waals surface area contributed by atoms with Crippen LogP contribution in [0.15, 0.2) is 78.9 Å². The molecule has 0 aliphatic heterocycles. The van der Waals surface area contributed by atoms with Crippen molar-refractivity contribution in [3.8, 4) is 0 Å². The Balaban J connectivity index is 1.98. The lowest BCUT2D eigenvalue weighted by Gasteiger charge is -2.08. The molecule has 0 saturated heterocycles. The zero-order valence-corrected chi connectivity index (χ0v) is 14.6. The van der Waals surface area contributed by atoms with Gasteiger partial charge in [0.2, 0.25) is 0 Å². The number of carbonyl (C=O) groups is 1. The van der Waals surface area contributed by atoms with E-state index in [1.807, 2.05) is 103 Å². The lowest BCUT2D eigenvalue weighted by molar-refractivity contribution is 0.0600. The first-order valence-corrected chi connectivity index (χ1v) is 8.45. The van der Waals surface area contributed by atoms with Crippen LogP contribution in [0.25, 0.3) is 24.3 Å². The van der Waals surface area contributed by atoms with Gasteiger partial charge < -0.3 is 4.74 Å². The first-order chi connectivity index (χ1) is 12.8. The quantitative estimate of drug-likeness (QED) is 0.432. The summed E-state index contributed by atoms with van der Waals surface area (Å²) in [5.74, 6) is -0.342. The lowest BCUT2D eigenvalue weighted by atomic mass is 9.99. The monoisotopic (exact) mass is 340 g/mol. The van der Waals surface area contributed by atoms with Gasteiger partial charge in [0.1, 0.15) is 0 Å². The number of methoxy groups -OCH3 is 1. The second-order valence-electron chi connectivity index (χ2n) is 5.79. The number of benzene rings is 3. The Labute approximate surface area is 154 Å². The normalized spacial score (nSPS) is 11.1. The molecule has 0 fully saturated rings. The van der Waals surface area contributed by atoms with Gasteiger partial charge in [0.15, 0.2) is 0 Å². The zero-order valence-electron chi connectivity index (χ0n) is 14.6. The van der Waals surface area contributed by atoms with Crippen molar-refractivity contribution in [2.24, 2.45) is 0 Å². The molecule has 2 nitrogen and oxygen atoms in total. The van der Waals surface area contributed by atoms with Crippen LogP contribution in [-0.2, 0) is 4.74 Å². The van der Waals surface area contributed by atoms with Gasteiger partial charge >= 0.3 is 5.97 Å². The van der Waals surface area contributed by atoms with Crippen LogP contribution in [0.2, 0.25) is 0 Å². The van der Waals surface area contributed by atoms with Gasteiger partial charge in [-0.3, -0.25) is 0 Å². The fourth-order valence-corrected chi connectivity index (χ4v) is 2.70. The molecule has 0 saturated carbocycles. The summed E-state index contributed by atoms with van der Waals surface area (Å²) < 4.78 is 5.01. The Hall–Kier alpha value is -3.39. The van der Waals surface area contributed by atoms with Gasteiger partial charge in [0.25, 0.3) is 0 Å². The van der Waals surface area contributed by atoms with E-state index >= 15 is 0 Å². The van der Waals surface area contributed by atoms with Crippen LogP contribution >= 0.6 is 0 Å². The topological polar surface area (TPSA) is 26.3 Å². The summed E-state index contributed by atoms with van der Waals surface area (Å²) in [6.45, 7) is 0. The van der Waals surface area contributed by atoms with Crippen LogP contribution < -0.4 is 0 Å². The summed E-state index contributed by atoms with van der Waals surface area (Å²) in [6, 6.07) is 25.8. The van der Waals surface area contributed by atoms with Crippen LogP contribution in [0.1, 0.15) is 32.6 Å². The van der Waals surface area contributed by atoms with Gasteiger partial charge in [0.05, 0.1) is 12.7 Å². The van der Waals surface area contributed by atoms with Crippen LogP contribution in [-0.4, -0.2) is 13.1 Å². The summed E-state index contributed by atoms with van der Waals surface area (Å²) in [5.41, 5.74) is 4.38. The summed E-state index contributed by atoms with van der Waals surface area (Å²) >= 11 is 0. The average Bonchev–Trinajstić information content (AvgIpc) is 2.71. The molecule has 0 unspecified atom stereocenters. The summed E-state index contributed by atoms with van der Waals surface area (Å²) in [4.78, 5) is 12.4. The molecule has 3 rings (SSSR count). The smallest absolute Gasteiger partial charge is 0.339 e. The van der Waals surface area contributed by atoms with Gasteiger partial charge in [-0.05, 0) is 22.3 Å². The number of hydrogen-bond donors (Lipinski definition) is 0. The molecule has 0 amide bonds. The number of carbonyl (C=O) groups excluding carboxylic acids is 1. The van der Waals surface area contributed by atoms with E-state index in [1.165, 1.54) is 7.11 Å². The third kappa shape index (κ3) is 4.37. The first-order valence-electron chi connectivity index (χ1n) is 8.45. The Morgan fingerprint density at radius 2 is 1.12 bits per heavy atom. The highest BCUT2D eigenvalue weighted by Gasteiger charge is 2.14. The second kappa shape index (κ2) is 8.63. The molecule has 0 aliphatic carbocycles. The molecule has 0 N–H and O–H groups in total. The molecule has 0 spiro atoms. The number of esters is 1. The lowest BCUT2D eigenvalue weighted by Crippen LogP contribution is -2.06. The highest BCUT2D eigenvalue weighted by molar-refractivity contribution is 5.99. The standard InChI is InChI=1S/C24H20O2/c1-26-24(25)23-21(17-15-19-9-4-2-5-10-19)13-8-14-22(23)18-16-20-11-6-3-7-12-20/h2-18H,1H3/b17-15+,18-16+. The van der Waals surface area contributed by atoms with Gasteiger partial charge in [-0.1, -0.05) is 103 Å². The molecule has 0 aliphatic rings. The van der Waals surface area contributed by atoms with Crippen molar-refractivity contribution in [1.29, 1.82) is 0 Å². The molecule has 26 heavy (non-hydrogen) atoms. The highest BCUT2D eigenvalue weighted by Crippen LogP contribution is 2.21. The van der Waals surface area contributed by atoms with Crippen molar-refractivity contribution >= 4 is 30.3 Å². The molecular weight excluding hydrogens is 320 g/mol. The summed E-state index contributed by atoms with van der Waals surface area (Å²) in [5, 5.41) is 0. The molecule has 128 valence electrons.